The second-order valence-electron chi connectivity index (χ2n) is 4.71. The van der Waals surface area contributed by atoms with Crippen LogP contribution < -0.4 is 5.73 Å². The van der Waals surface area contributed by atoms with Crippen LogP contribution in [0.4, 0.5) is 4.39 Å². The molecule has 0 aliphatic carbocycles. The van der Waals surface area contributed by atoms with Crippen LogP contribution in [-0.4, -0.2) is 16.5 Å². The molecule has 0 unspecified atom stereocenters. The monoisotopic (exact) mass is 233 g/mol. The maximum Gasteiger partial charge on any atom is 0.132 e. The molecule has 1 aromatic carbocycles. The largest absolute Gasteiger partial charge is 0.341 e. The second kappa shape index (κ2) is 4.30. The van der Waals surface area contributed by atoms with E-state index in [9.17, 15) is 4.39 Å². The molecule has 0 amide bonds. The van der Waals surface area contributed by atoms with Crippen molar-refractivity contribution in [2.45, 2.75) is 19.3 Å². The Morgan fingerprint density at radius 2 is 2.06 bits per heavy atom. The Bertz CT molecular complexity index is 517. The van der Waals surface area contributed by atoms with E-state index in [0.29, 0.717) is 17.8 Å². The third-order valence-corrected chi connectivity index (χ3v) is 2.89. The first-order valence-corrected chi connectivity index (χ1v) is 5.55. The molecule has 2 aromatic rings. The molecule has 0 atom stereocenters. The molecule has 1 aromatic heterocycles. The first kappa shape index (κ1) is 11.8. The number of halogens is 1. The Labute approximate surface area is 99.9 Å². The van der Waals surface area contributed by atoms with E-state index in [1.54, 1.807) is 24.4 Å². The highest BCUT2D eigenvalue weighted by Gasteiger charge is 2.22. The Morgan fingerprint density at radius 1 is 1.35 bits per heavy atom. The summed E-state index contributed by atoms with van der Waals surface area (Å²) in [5.41, 5.74) is 6.66. The van der Waals surface area contributed by atoms with Gasteiger partial charge in [-0.25, -0.2) is 9.37 Å². The molecule has 17 heavy (non-hydrogen) atoms. The highest BCUT2D eigenvalue weighted by Crippen LogP contribution is 2.24. The number of hydrogen-bond donors (Lipinski definition) is 2. The predicted molar refractivity (Wildman–Crippen MR) is 66.1 cm³/mol. The van der Waals surface area contributed by atoms with Gasteiger partial charge in [-0.15, -0.1) is 0 Å². The number of nitrogens with zero attached hydrogens (tertiary/aromatic N) is 1. The SMILES string of the molecule is CC(C)(CN)c1ncc(-c2ccccc2F)[nH]1. The number of imidazole rings is 1. The van der Waals surface area contributed by atoms with Crippen molar-refractivity contribution in [2.75, 3.05) is 6.54 Å². The molecule has 3 N–H and O–H groups in total. The topological polar surface area (TPSA) is 54.7 Å². The van der Waals surface area contributed by atoms with Gasteiger partial charge < -0.3 is 10.7 Å². The van der Waals surface area contributed by atoms with E-state index < -0.39 is 0 Å². The number of aromatic amines is 1. The predicted octanol–water partition coefficient (Wildman–Crippen LogP) is 2.45. The van der Waals surface area contributed by atoms with Crippen LogP contribution in [0.3, 0.4) is 0 Å². The van der Waals surface area contributed by atoms with Gasteiger partial charge in [0.1, 0.15) is 11.6 Å². The van der Waals surface area contributed by atoms with E-state index in [-0.39, 0.29) is 11.2 Å². The molecular formula is C13H16FN3. The molecular weight excluding hydrogens is 217 g/mol. The van der Waals surface area contributed by atoms with Gasteiger partial charge in [0.05, 0.1) is 11.9 Å². The van der Waals surface area contributed by atoms with E-state index in [1.165, 1.54) is 6.07 Å². The zero-order valence-corrected chi connectivity index (χ0v) is 10.00. The molecule has 1 heterocycles. The van der Waals surface area contributed by atoms with Crippen LogP contribution in [0.15, 0.2) is 30.5 Å². The van der Waals surface area contributed by atoms with E-state index in [4.69, 9.17) is 5.73 Å². The van der Waals surface area contributed by atoms with Crippen LogP contribution >= 0.6 is 0 Å². The number of hydrogen-bond acceptors (Lipinski definition) is 2. The summed E-state index contributed by atoms with van der Waals surface area (Å²) in [4.78, 5) is 7.40. The number of rotatable bonds is 3. The standard InChI is InChI=1S/C13H16FN3/c1-13(2,8-15)12-16-7-11(17-12)9-5-3-4-6-10(9)14/h3-7H,8,15H2,1-2H3,(H,16,17). The van der Waals surface area contributed by atoms with Crippen molar-refractivity contribution in [3.05, 3.63) is 42.1 Å². The highest BCUT2D eigenvalue weighted by molar-refractivity contribution is 5.59. The Kier molecular flexibility index (Phi) is 2.98. The Morgan fingerprint density at radius 3 is 2.71 bits per heavy atom. The summed E-state index contributed by atoms with van der Waals surface area (Å²) < 4.78 is 13.6. The van der Waals surface area contributed by atoms with Crippen molar-refractivity contribution >= 4 is 0 Å². The third kappa shape index (κ3) is 2.22. The lowest BCUT2D eigenvalue weighted by molar-refractivity contribution is 0.508. The molecule has 0 saturated carbocycles. The summed E-state index contributed by atoms with van der Waals surface area (Å²) in [5, 5.41) is 0. The van der Waals surface area contributed by atoms with Crippen molar-refractivity contribution in [3.8, 4) is 11.3 Å². The number of nitrogens with one attached hydrogen (secondary N) is 1. The lowest BCUT2D eigenvalue weighted by Crippen LogP contribution is -2.29. The molecule has 3 nitrogen and oxygen atoms in total. The van der Waals surface area contributed by atoms with Gasteiger partial charge in [-0.05, 0) is 12.1 Å². The average Bonchev–Trinajstić information content (AvgIpc) is 2.79. The quantitative estimate of drug-likeness (QED) is 0.855. The summed E-state index contributed by atoms with van der Waals surface area (Å²) >= 11 is 0. The molecule has 4 heteroatoms. The molecule has 0 aliphatic heterocycles. The minimum atomic E-state index is -0.256. The van der Waals surface area contributed by atoms with Gasteiger partial charge in [0.2, 0.25) is 0 Å². The van der Waals surface area contributed by atoms with Gasteiger partial charge in [0.15, 0.2) is 0 Å². The van der Waals surface area contributed by atoms with Crippen LogP contribution in [0, 0.1) is 5.82 Å². The summed E-state index contributed by atoms with van der Waals surface area (Å²) in [6, 6.07) is 6.62. The highest BCUT2D eigenvalue weighted by atomic mass is 19.1. The van der Waals surface area contributed by atoms with Crippen LogP contribution in [0.5, 0.6) is 0 Å². The van der Waals surface area contributed by atoms with E-state index in [2.05, 4.69) is 9.97 Å². The normalized spacial score (nSPS) is 11.8. The fourth-order valence-corrected chi connectivity index (χ4v) is 1.58. The fraction of sp³-hybridized carbons (Fsp3) is 0.308. The van der Waals surface area contributed by atoms with Gasteiger partial charge in [-0.3, -0.25) is 0 Å². The summed E-state index contributed by atoms with van der Waals surface area (Å²) in [6.45, 7) is 4.48. The van der Waals surface area contributed by atoms with Crippen molar-refractivity contribution in [3.63, 3.8) is 0 Å². The first-order chi connectivity index (χ1) is 8.04. The zero-order chi connectivity index (χ0) is 12.5. The van der Waals surface area contributed by atoms with Gasteiger partial charge >= 0.3 is 0 Å². The molecule has 0 aliphatic rings. The second-order valence-corrected chi connectivity index (χ2v) is 4.71. The zero-order valence-electron chi connectivity index (χ0n) is 10.00. The lowest BCUT2D eigenvalue weighted by atomic mass is 9.93. The fourth-order valence-electron chi connectivity index (χ4n) is 1.58. The van der Waals surface area contributed by atoms with E-state index in [0.717, 1.165) is 5.82 Å². The van der Waals surface area contributed by atoms with Crippen molar-refractivity contribution < 1.29 is 4.39 Å². The lowest BCUT2D eigenvalue weighted by Gasteiger charge is -2.18. The summed E-state index contributed by atoms with van der Waals surface area (Å²) in [6.07, 6.45) is 1.64. The maximum absolute atomic E-state index is 13.6. The minimum Gasteiger partial charge on any atom is -0.341 e. The van der Waals surface area contributed by atoms with Crippen molar-refractivity contribution in [1.82, 2.24) is 9.97 Å². The van der Waals surface area contributed by atoms with Crippen LogP contribution in [0.25, 0.3) is 11.3 Å². The summed E-state index contributed by atoms with van der Waals surface area (Å²) in [7, 11) is 0. The van der Waals surface area contributed by atoms with Gasteiger partial charge in [0.25, 0.3) is 0 Å². The molecule has 0 spiro atoms. The van der Waals surface area contributed by atoms with Gasteiger partial charge in [0, 0.05) is 17.5 Å². The molecule has 0 saturated heterocycles. The maximum atomic E-state index is 13.6. The number of benzene rings is 1. The van der Waals surface area contributed by atoms with Crippen molar-refractivity contribution in [2.24, 2.45) is 5.73 Å². The molecule has 0 bridgehead atoms. The Balaban J connectivity index is 2.40. The third-order valence-electron chi connectivity index (χ3n) is 2.89. The Hall–Kier alpha value is -1.68. The van der Waals surface area contributed by atoms with E-state index >= 15 is 0 Å². The molecule has 0 fully saturated rings. The number of nitrogens with two attached hydrogens (primary N) is 1. The molecule has 2 rings (SSSR count). The number of aromatic nitrogens is 2. The van der Waals surface area contributed by atoms with Crippen molar-refractivity contribution in [1.29, 1.82) is 0 Å². The average molecular weight is 233 g/mol. The number of H-pyrrole nitrogens is 1. The first-order valence-electron chi connectivity index (χ1n) is 5.55. The summed E-state index contributed by atoms with van der Waals surface area (Å²) in [5.74, 6) is 0.520. The molecule has 90 valence electrons. The smallest absolute Gasteiger partial charge is 0.132 e. The van der Waals surface area contributed by atoms with Gasteiger partial charge in [-0.1, -0.05) is 26.0 Å². The molecule has 0 radical (unpaired) electrons. The van der Waals surface area contributed by atoms with Crippen LogP contribution in [-0.2, 0) is 5.41 Å². The van der Waals surface area contributed by atoms with E-state index in [1.807, 2.05) is 13.8 Å². The minimum absolute atomic E-state index is 0.233. The van der Waals surface area contributed by atoms with Crippen LogP contribution in [0.2, 0.25) is 0 Å². The van der Waals surface area contributed by atoms with Gasteiger partial charge in [-0.2, -0.15) is 0 Å². The van der Waals surface area contributed by atoms with Crippen LogP contribution in [0.1, 0.15) is 19.7 Å².